The van der Waals surface area contributed by atoms with Gasteiger partial charge in [0, 0.05) is 0 Å². The molecule has 0 aliphatic rings. The smallest absolute Gasteiger partial charge is 0.197 e. The van der Waals surface area contributed by atoms with Gasteiger partial charge in [0.05, 0.1) is 0 Å². The fraction of sp³-hybridized carbons (Fsp3) is 0. The second kappa shape index (κ2) is 2.62. The first kappa shape index (κ1) is 7.34. The number of aromatic nitrogens is 3. The molecule has 60 valence electrons. The molecule has 1 heterocycles. The molecule has 0 spiro atoms. The van der Waals surface area contributed by atoms with Crippen molar-refractivity contribution in [2.45, 2.75) is 0 Å². The van der Waals surface area contributed by atoms with Crippen molar-refractivity contribution in [3.63, 3.8) is 0 Å². The zero-order valence-corrected chi connectivity index (χ0v) is 6.82. The highest BCUT2D eigenvalue weighted by Gasteiger charge is 2.21. The van der Waals surface area contributed by atoms with E-state index in [-0.39, 0.29) is 0 Å². The van der Waals surface area contributed by atoms with E-state index in [2.05, 4.69) is 15.4 Å². The number of benzene rings is 1. The van der Waals surface area contributed by atoms with Gasteiger partial charge in [-0.3, -0.25) is 0 Å². The van der Waals surface area contributed by atoms with Gasteiger partial charge in [-0.05, 0) is 16.7 Å². The van der Waals surface area contributed by atoms with Gasteiger partial charge in [0.25, 0.3) is 5.30 Å². The molecule has 0 amide bonds. The third kappa shape index (κ3) is 0.995. The molecule has 0 fully saturated rings. The summed E-state index contributed by atoms with van der Waals surface area (Å²) in [6.45, 7) is 0. The summed E-state index contributed by atoms with van der Waals surface area (Å²) in [6.07, 6.45) is 0. The van der Waals surface area contributed by atoms with Gasteiger partial charge in [0.15, 0.2) is 5.52 Å². The Kier molecular flexibility index (Phi) is 1.60. The van der Waals surface area contributed by atoms with E-state index < -0.39 is 8.03 Å². The summed E-state index contributed by atoms with van der Waals surface area (Å²) in [6, 6.07) is 4.95. The van der Waals surface area contributed by atoms with E-state index in [1.54, 1.807) is 18.2 Å². The van der Waals surface area contributed by atoms with Gasteiger partial charge in [-0.2, -0.15) is 20.3 Å². The second-order valence-electron chi connectivity index (χ2n) is 2.24. The molecule has 2 aromatic rings. The average molecular weight is 182 g/mol. The number of H-pyrrole nitrogens is 1. The van der Waals surface area contributed by atoms with E-state index in [1.807, 2.05) is 0 Å². The van der Waals surface area contributed by atoms with Crippen LogP contribution < -0.4 is 5.30 Å². The molecule has 1 aromatic carbocycles. The van der Waals surface area contributed by atoms with Gasteiger partial charge in [-0.25, -0.2) is 0 Å². The third-order valence-corrected chi connectivity index (χ3v) is 2.30. The first-order chi connectivity index (χ1) is 5.79. The van der Waals surface area contributed by atoms with Crippen molar-refractivity contribution in [3.05, 3.63) is 18.2 Å². The molecule has 0 saturated heterocycles. The number of hydrogen-bond donors (Lipinski definition) is 2. The van der Waals surface area contributed by atoms with E-state index in [0.29, 0.717) is 16.3 Å². The lowest BCUT2D eigenvalue weighted by atomic mass is 10.3. The molecular formula is C6H5N3O2P+. The van der Waals surface area contributed by atoms with E-state index >= 15 is 0 Å². The van der Waals surface area contributed by atoms with Crippen LogP contribution in [0, 0.1) is 0 Å². The average Bonchev–Trinajstić information content (AvgIpc) is 2.49. The van der Waals surface area contributed by atoms with E-state index in [9.17, 15) is 4.57 Å². The number of hydrogen-bond acceptors (Lipinski definition) is 3. The lowest BCUT2D eigenvalue weighted by molar-refractivity contribution is 0.513. The van der Waals surface area contributed by atoms with Crippen LogP contribution in [-0.4, -0.2) is 20.3 Å². The molecule has 6 heteroatoms. The van der Waals surface area contributed by atoms with Gasteiger partial charge in [0.2, 0.25) is 0 Å². The Labute approximate surface area is 68.3 Å². The first-order valence-corrected chi connectivity index (χ1v) is 4.46. The molecule has 1 atom stereocenters. The highest BCUT2D eigenvalue weighted by atomic mass is 31.1. The predicted molar refractivity (Wildman–Crippen MR) is 43.3 cm³/mol. The van der Waals surface area contributed by atoms with E-state index in [1.165, 1.54) is 0 Å². The van der Waals surface area contributed by atoms with Crippen molar-refractivity contribution < 1.29 is 9.46 Å². The van der Waals surface area contributed by atoms with Crippen molar-refractivity contribution in [2.24, 2.45) is 0 Å². The molecular weight excluding hydrogens is 177 g/mol. The van der Waals surface area contributed by atoms with Crippen LogP contribution in [0.15, 0.2) is 18.2 Å². The fourth-order valence-corrected chi connectivity index (χ4v) is 1.57. The van der Waals surface area contributed by atoms with Gasteiger partial charge < -0.3 is 0 Å². The Morgan fingerprint density at radius 2 is 2.25 bits per heavy atom. The molecule has 5 nitrogen and oxygen atoms in total. The Morgan fingerprint density at radius 3 is 3.00 bits per heavy atom. The molecule has 1 unspecified atom stereocenters. The molecule has 0 aliphatic heterocycles. The van der Waals surface area contributed by atoms with Crippen LogP contribution in [-0.2, 0) is 4.57 Å². The Balaban J connectivity index is 2.82. The molecule has 12 heavy (non-hydrogen) atoms. The number of nitrogens with one attached hydrogen (secondary N) is 1. The zero-order chi connectivity index (χ0) is 8.55. The lowest BCUT2D eigenvalue weighted by Crippen LogP contribution is -1.97. The van der Waals surface area contributed by atoms with Crippen LogP contribution in [0.5, 0.6) is 0 Å². The summed E-state index contributed by atoms with van der Waals surface area (Å²) < 4.78 is 10.8. The minimum Gasteiger partial charge on any atom is -0.197 e. The first-order valence-electron chi connectivity index (χ1n) is 3.24. The third-order valence-electron chi connectivity index (χ3n) is 1.53. The summed E-state index contributed by atoms with van der Waals surface area (Å²) in [5.74, 6) is 0. The molecule has 2 rings (SSSR count). The van der Waals surface area contributed by atoms with Gasteiger partial charge >= 0.3 is 8.03 Å². The number of rotatable bonds is 1. The number of aromatic amines is 1. The molecule has 0 saturated carbocycles. The second-order valence-corrected chi connectivity index (χ2v) is 3.27. The molecule has 1 aromatic heterocycles. The summed E-state index contributed by atoms with van der Waals surface area (Å²) in [4.78, 5) is 8.87. The number of nitrogens with zero attached hydrogens (tertiary/aromatic N) is 2. The zero-order valence-electron chi connectivity index (χ0n) is 5.93. The van der Waals surface area contributed by atoms with Gasteiger partial charge in [-0.1, -0.05) is 6.07 Å². The molecule has 0 radical (unpaired) electrons. The monoisotopic (exact) mass is 182 g/mol. The molecule has 2 N–H and O–H groups in total. The standard InChI is InChI=1S/C6H4N3O2P/c10-12(11)5-3-1-2-4-6(5)8-9-7-4/h1-3H,(H-,7,8,9,10,11)/p+1. The van der Waals surface area contributed by atoms with Crippen molar-refractivity contribution in [2.75, 3.05) is 0 Å². The van der Waals surface area contributed by atoms with Gasteiger partial charge in [0.1, 0.15) is 5.52 Å². The highest BCUT2D eigenvalue weighted by Crippen LogP contribution is 2.17. The van der Waals surface area contributed by atoms with Gasteiger partial charge in [-0.15, -0.1) is 0 Å². The van der Waals surface area contributed by atoms with Crippen LogP contribution in [0.2, 0.25) is 0 Å². The predicted octanol–water partition coefficient (Wildman–Crippen LogP) is 0.318. The molecule has 0 bridgehead atoms. The van der Waals surface area contributed by atoms with Crippen molar-refractivity contribution in [1.29, 1.82) is 0 Å². The van der Waals surface area contributed by atoms with Crippen molar-refractivity contribution in [3.8, 4) is 0 Å². The quantitative estimate of drug-likeness (QED) is 0.622. The topological polar surface area (TPSA) is 78.9 Å². The number of para-hydroxylation sites is 1. The Bertz CT molecular complexity index is 439. The lowest BCUT2D eigenvalue weighted by Gasteiger charge is -1.82. The maximum absolute atomic E-state index is 10.8. The van der Waals surface area contributed by atoms with E-state index in [0.717, 1.165) is 0 Å². The van der Waals surface area contributed by atoms with Crippen LogP contribution >= 0.6 is 8.03 Å². The van der Waals surface area contributed by atoms with Crippen molar-refractivity contribution >= 4 is 24.4 Å². The van der Waals surface area contributed by atoms with Crippen molar-refractivity contribution in [1.82, 2.24) is 15.4 Å². The summed E-state index contributed by atoms with van der Waals surface area (Å²) >= 11 is 0. The summed E-state index contributed by atoms with van der Waals surface area (Å²) in [5, 5.41) is 10.3. The SMILES string of the molecule is O=[P+](O)c1cccc2n[nH]nc12. The Hall–Kier alpha value is -1.32. The highest BCUT2D eigenvalue weighted by molar-refractivity contribution is 7.48. The van der Waals surface area contributed by atoms with Crippen LogP contribution in [0.4, 0.5) is 0 Å². The molecule has 0 aliphatic carbocycles. The minimum atomic E-state index is -2.34. The summed E-state index contributed by atoms with van der Waals surface area (Å²) in [7, 11) is -2.34. The van der Waals surface area contributed by atoms with E-state index in [4.69, 9.17) is 4.89 Å². The maximum Gasteiger partial charge on any atom is 0.548 e. The number of fused-ring (bicyclic) bond motifs is 1. The fourth-order valence-electron chi connectivity index (χ4n) is 1.01. The van der Waals surface area contributed by atoms with Crippen LogP contribution in [0.1, 0.15) is 0 Å². The van der Waals surface area contributed by atoms with Crippen LogP contribution in [0.25, 0.3) is 11.0 Å². The minimum absolute atomic E-state index is 0.316. The largest absolute Gasteiger partial charge is 0.548 e. The Morgan fingerprint density at radius 1 is 1.42 bits per heavy atom. The van der Waals surface area contributed by atoms with Crippen LogP contribution in [0.3, 0.4) is 0 Å². The normalized spacial score (nSPS) is 11.9. The maximum atomic E-state index is 10.8. The summed E-state index contributed by atoms with van der Waals surface area (Å²) in [5.41, 5.74) is 1.06.